The molecule has 2 aromatic rings. The molecule has 2 aliphatic carbocycles. The first kappa shape index (κ1) is 16.5. The molecule has 1 aromatic carbocycles. The topological polar surface area (TPSA) is 67.2 Å². The zero-order valence-corrected chi connectivity index (χ0v) is 14.7. The van der Waals surface area contributed by atoms with Gasteiger partial charge in [-0.15, -0.1) is 0 Å². The second-order valence-corrected chi connectivity index (χ2v) is 8.06. The second kappa shape index (κ2) is 5.80. The van der Waals surface area contributed by atoms with Crippen molar-refractivity contribution in [3.05, 3.63) is 23.5 Å². The SMILES string of the molecule is CC(C)(O)CC(=O)Nc1nc2cc(F)c(C3CC3)cc2n1C1CCC1. The molecule has 25 heavy (non-hydrogen) atoms. The molecule has 2 fully saturated rings. The van der Waals surface area contributed by atoms with Gasteiger partial charge in [0.1, 0.15) is 5.82 Å². The highest BCUT2D eigenvalue weighted by Crippen LogP contribution is 2.44. The molecular weight excluding hydrogens is 321 g/mol. The fraction of sp³-hybridized carbons (Fsp3) is 0.579. The van der Waals surface area contributed by atoms with E-state index < -0.39 is 5.60 Å². The van der Waals surface area contributed by atoms with Gasteiger partial charge in [-0.3, -0.25) is 10.1 Å². The molecule has 0 unspecified atom stereocenters. The third-order valence-electron chi connectivity index (χ3n) is 5.11. The van der Waals surface area contributed by atoms with Crippen molar-refractivity contribution < 1.29 is 14.3 Å². The van der Waals surface area contributed by atoms with E-state index in [9.17, 15) is 14.3 Å². The van der Waals surface area contributed by atoms with Gasteiger partial charge in [-0.2, -0.15) is 0 Å². The summed E-state index contributed by atoms with van der Waals surface area (Å²) in [7, 11) is 0. The number of nitrogens with zero attached hydrogens (tertiary/aromatic N) is 2. The molecule has 4 rings (SSSR count). The van der Waals surface area contributed by atoms with Crippen LogP contribution in [-0.4, -0.2) is 26.2 Å². The third-order valence-corrected chi connectivity index (χ3v) is 5.11. The van der Waals surface area contributed by atoms with Gasteiger partial charge in [0.15, 0.2) is 0 Å². The molecular formula is C19H24FN3O2. The predicted octanol–water partition coefficient (Wildman–Crippen LogP) is 3.88. The minimum Gasteiger partial charge on any atom is -0.390 e. The Morgan fingerprint density at radius 1 is 1.36 bits per heavy atom. The van der Waals surface area contributed by atoms with E-state index in [4.69, 9.17) is 0 Å². The van der Waals surface area contributed by atoms with Crippen LogP contribution in [-0.2, 0) is 4.79 Å². The van der Waals surface area contributed by atoms with Crippen LogP contribution in [0.4, 0.5) is 10.3 Å². The van der Waals surface area contributed by atoms with Crippen LogP contribution in [0.15, 0.2) is 12.1 Å². The van der Waals surface area contributed by atoms with Gasteiger partial charge in [-0.05, 0) is 63.5 Å². The van der Waals surface area contributed by atoms with Gasteiger partial charge in [0.05, 0.1) is 23.1 Å². The van der Waals surface area contributed by atoms with Crippen molar-refractivity contribution in [3.8, 4) is 0 Å². The van der Waals surface area contributed by atoms with E-state index in [1.54, 1.807) is 13.8 Å². The van der Waals surface area contributed by atoms with E-state index in [1.807, 2.05) is 10.6 Å². The van der Waals surface area contributed by atoms with Crippen LogP contribution in [0.2, 0.25) is 0 Å². The van der Waals surface area contributed by atoms with Crippen molar-refractivity contribution in [2.24, 2.45) is 0 Å². The van der Waals surface area contributed by atoms with Crippen molar-refractivity contribution in [2.75, 3.05) is 5.32 Å². The quantitative estimate of drug-likeness (QED) is 0.864. The Morgan fingerprint density at radius 2 is 2.08 bits per heavy atom. The number of carbonyl (C=O) groups excluding carboxylic acids is 1. The zero-order valence-electron chi connectivity index (χ0n) is 14.7. The molecule has 1 heterocycles. The number of aliphatic hydroxyl groups is 1. The van der Waals surface area contributed by atoms with Crippen LogP contribution < -0.4 is 5.32 Å². The molecule has 134 valence electrons. The third kappa shape index (κ3) is 3.27. The van der Waals surface area contributed by atoms with E-state index in [2.05, 4.69) is 10.3 Å². The van der Waals surface area contributed by atoms with E-state index in [0.29, 0.717) is 23.4 Å². The van der Waals surface area contributed by atoms with E-state index in [-0.39, 0.29) is 18.1 Å². The summed E-state index contributed by atoms with van der Waals surface area (Å²) in [6.45, 7) is 3.19. The zero-order chi connectivity index (χ0) is 17.8. The molecule has 0 bridgehead atoms. The van der Waals surface area contributed by atoms with Gasteiger partial charge >= 0.3 is 0 Å². The van der Waals surface area contributed by atoms with Gasteiger partial charge in [-0.25, -0.2) is 9.37 Å². The standard InChI is InChI=1S/C19H24FN3O2/c1-19(2,25)10-17(24)22-18-21-15-9-14(20)13(11-6-7-11)8-16(15)23(18)12-4-3-5-12/h8-9,11-12,25H,3-7,10H2,1-2H3,(H,21,22,24). The first-order chi connectivity index (χ1) is 11.8. The summed E-state index contributed by atoms with van der Waals surface area (Å²) in [4.78, 5) is 16.7. The first-order valence-corrected chi connectivity index (χ1v) is 9.05. The van der Waals surface area contributed by atoms with Gasteiger partial charge in [0.25, 0.3) is 0 Å². The molecule has 5 nitrogen and oxygen atoms in total. The molecule has 2 N–H and O–H groups in total. The van der Waals surface area contributed by atoms with Crippen LogP contribution in [0.25, 0.3) is 11.0 Å². The molecule has 2 aliphatic rings. The lowest BCUT2D eigenvalue weighted by molar-refractivity contribution is -0.119. The number of benzene rings is 1. The summed E-state index contributed by atoms with van der Waals surface area (Å²) in [5.74, 6) is 0.289. The highest BCUT2D eigenvalue weighted by Gasteiger charge is 2.30. The fourth-order valence-corrected chi connectivity index (χ4v) is 3.50. The monoisotopic (exact) mass is 345 g/mol. The predicted molar refractivity (Wildman–Crippen MR) is 94.1 cm³/mol. The molecule has 6 heteroatoms. The molecule has 1 amide bonds. The number of anilines is 1. The minimum absolute atomic E-state index is 0.0114. The second-order valence-electron chi connectivity index (χ2n) is 8.06. The molecule has 1 aromatic heterocycles. The summed E-state index contributed by atoms with van der Waals surface area (Å²) in [5, 5.41) is 12.7. The smallest absolute Gasteiger partial charge is 0.229 e. The maximum absolute atomic E-state index is 14.4. The maximum Gasteiger partial charge on any atom is 0.229 e. The Bertz CT molecular complexity index is 829. The van der Waals surface area contributed by atoms with Gasteiger partial charge in [-0.1, -0.05) is 0 Å². The molecule has 0 saturated heterocycles. The Kier molecular flexibility index (Phi) is 3.83. The molecule has 0 spiro atoms. The number of halogens is 1. The Balaban J connectivity index is 1.73. The summed E-state index contributed by atoms with van der Waals surface area (Å²) < 4.78 is 16.4. The average molecular weight is 345 g/mol. The number of hydrogen-bond donors (Lipinski definition) is 2. The lowest BCUT2D eigenvalue weighted by Gasteiger charge is -2.29. The van der Waals surface area contributed by atoms with Crippen LogP contribution in [0.1, 0.15) is 69.9 Å². The van der Waals surface area contributed by atoms with Gasteiger partial charge in [0.2, 0.25) is 11.9 Å². The Labute approximate surface area is 146 Å². The molecule has 0 aliphatic heterocycles. The average Bonchev–Trinajstić information content (AvgIpc) is 3.20. The van der Waals surface area contributed by atoms with Crippen LogP contribution in [0.3, 0.4) is 0 Å². The Morgan fingerprint density at radius 3 is 2.64 bits per heavy atom. The van der Waals surface area contributed by atoms with E-state index in [0.717, 1.165) is 43.2 Å². The number of hydrogen-bond acceptors (Lipinski definition) is 3. The lowest BCUT2D eigenvalue weighted by Crippen LogP contribution is -2.29. The van der Waals surface area contributed by atoms with Crippen molar-refractivity contribution in [2.45, 2.75) is 69.9 Å². The number of imidazole rings is 1. The maximum atomic E-state index is 14.4. The van der Waals surface area contributed by atoms with Crippen molar-refractivity contribution in [1.82, 2.24) is 9.55 Å². The summed E-state index contributed by atoms with van der Waals surface area (Å²) in [6.07, 6.45) is 5.29. The van der Waals surface area contributed by atoms with Crippen molar-refractivity contribution in [1.29, 1.82) is 0 Å². The highest BCUT2D eigenvalue weighted by molar-refractivity contribution is 5.92. The van der Waals surface area contributed by atoms with Crippen LogP contribution in [0, 0.1) is 5.82 Å². The van der Waals surface area contributed by atoms with Crippen LogP contribution in [0.5, 0.6) is 0 Å². The molecule has 0 radical (unpaired) electrons. The van der Waals surface area contributed by atoms with E-state index >= 15 is 0 Å². The van der Waals surface area contributed by atoms with Crippen LogP contribution >= 0.6 is 0 Å². The Hall–Kier alpha value is -1.95. The van der Waals surface area contributed by atoms with Gasteiger partial charge < -0.3 is 9.67 Å². The van der Waals surface area contributed by atoms with Crippen molar-refractivity contribution >= 4 is 22.9 Å². The number of nitrogens with one attached hydrogen (secondary N) is 1. The highest BCUT2D eigenvalue weighted by atomic mass is 19.1. The number of carbonyl (C=O) groups is 1. The summed E-state index contributed by atoms with van der Waals surface area (Å²) in [5.41, 5.74) is 1.16. The lowest BCUT2D eigenvalue weighted by atomic mass is 9.92. The number of fused-ring (bicyclic) bond motifs is 1. The number of rotatable bonds is 5. The summed E-state index contributed by atoms with van der Waals surface area (Å²) >= 11 is 0. The molecule has 0 atom stereocenters. The number of amides is 1. The minimum atomic E-state index is -1.08. The largest absolute Gasteiger partial charge is 0.390 e. The normalized spacial score (nSPS) is 18.4. The van der Waals surface area contributed by atoms with Gasteiger partial charge in [0, 0.05) is 12.1 Å². The van der Waals surface area contributed by atoms with Crippen molar-refractivity contribution in [3.63, 3.8) is 0 Å². The summed E-state index contributed by atoms with van der Waals surface area (Å²) in [6, 6.07) is 3.70. The van der Waals surface area contributed by atoms with E-state index in [1.165, 1.54) is 6.07 Å². The fourth-order valence-electron chi connectivity index (χ4n) is 3.50. The number of aromatic nitrogens is 2. The first-order valence-electron chi connectivity index (χ1n) is 9.05. The molecule has 2 saturated carbocycles.